The molecule has 1 saturated heterocycles. The van der Waals surface area contributed by atoms with Crippen molar-refractivity contribution in [3.05, 3.63) is 22.4 Å². The molecule has 17 heavy (non-hydrogen) atoms. The molecule has 1 aliphatic rings. The number of hydrogen-bond acceptors (Lipinski definition) is 3. The fourth-order valence-corrected chi connectivity index (χ4v) is 2.75. The molecule has 0 bridgehead atoms. The normalized spacial score (nSPS) is 20.2. The third-order valence-corrected chi connectivity index (χ3v) is 3.79. The zero-order valence-corrected chi connectivity index (χ0v) is 10.3. The predicted molar refractivity (Wildman–Crippen MR) is 65.0 cm³/mol. The molecule has 1 fully saturated rings. The Hall–Kier alpha value is -1.36. The van der Waals surface area contributed by atoms with Gasteiger partial charge in [-0.25, -0.2) is 0 Å². The van der Waals surface area contributed by atoms with Crippen molar-refractivity contribution in [2.75, 3.05) is 13.1 Å². The van der Waals surface area contributed by atoms with Crippen molar-refractivity contribution < 1.29 is 14.7 Å². The number of carbonyl (C=O) groups is 2. The van der Waals surface area contributed by atoms with E-state index in [2.05, 4.69) is 0 Å². The Labute approximate surface area is 104 Å². The maximum atomic E-state index is 12.0. The van der Waals surface area contributed by atoms with Crippen molar-refractivity contribution >= 4 is 23.2 Å². The minimum atomic E-state index is -0.793. The second kappa shape index (κ2) is 5.31. The number of carboxylic acid groups (broad SMARTS) is 1. The van der Waals surface area contributed by atoms with Crippen LogP contribution in [0.15, 0.2) is 16.8 Å². The Bertz CT molecular complexity index is 402. The Morgan fingerprint density at radius 1 is 1.53 bits per heavy atom. The molecule has 92 valence electrons. The number of amides is 1. The van der Waals surface area contributed by atoms with Crippen LogP contribution in [0, 0.1) is 5.92 Å². The van der Waals surface area contributed by atoms with Crippen LogP contribution in [0.2, 0.25) is 0 Å². The van der Waals surface area contributed by atoms with Crippen molar-refractivity contribution in [2.45, 2.75) is 19.3 Å². The van der Waals surface area contributed by atoms with Crippen LogP contribution in [0.4, 0.5) is 0 Å². The summed E-state index contributed by atoms with van der Waals surface area (Å²) in [5.74, 6) is -1.15. The smallest absolute Gasteiger partial charge is 0.308 e. The van der Waals surface area contributed by atoms with E-state index in [0.29, 0.717) is 25.9 Å². The van der Waals surface area contributed by atoms with Crippen LogP contribution in [0.5, 0.6) is 0 Å². The molecule has 1 aliphatic heterocycles. The average Bonchev–Trinajstić information content (AvgIpc) is 2.82. The van der Waals surface area contributed by atoms with Gasteiger partial charge in [-0.15, -0.1) is 0 Å². The van der Waals surface area contributed by atoms with E-state index < -0.39 is 11.9 Å². The molecule has 2 heterocycles. The van der Waals surface area contributed by atoms with E-state index in [-0.39, 0.29) is 5.91 Å². The van der Waals surface area contributed by atoms with Crippen LogP contribution in [-0.2, 0) is 16.0 Å². The summed E-state index contributed by atoms with van der Waals surface area (Å²) >= 11 is 1.57. The Morgan fingerprint density at radius 2 is 2.35 bits per heavy atom. The first-order valence-corrected chi connectivity index (χ1v) is 6.63. The van der Waals surface area contributed by atoms with Crippen LogP contribution in [0.3, 0.4) is 0 Å². The quantitative estimate of drug-likeness (QED) is 0.890. The predicted octanol–water partition coefficient (Wildman–Crippen LogP) is 1.61. The standard InChI is InChI=1S/C12H15NO3S/c14-11(6-9-3-5-17-8-9)13-4-1-2-10(7-13)12(15)16/h3,5,8,10H,1-2,4,6-7H2,(H,15,16). The number of thiophene rings is 1. The lowest BCUT2D eigenvalue weighted by Crippen LogP contribution is -2.42. The van der Waals surface area contributed by atoms with Crippen molar-refractivity contribution in [3.63, 3.8) is 0 Å². The van der Waals surface area contributed by atoms with E-state index in [1.54, 1.807) is 16.2 Å². The number of nitrogens with zero attached hydrogens (tertiary/aromatic N) is 1. The summed E-state index contributed by atoms with van der Waals surface area (Å²) in [7, 11) is 0. The molecule has 0 aliphatic carbocycles. The van der Waals surface area contributed by atoms with Gasteiger partial charge in [0.2, 0.25) is 5.91 Å². The van der Waals surface area contributed by atoms with Gasteiger partial charge in [-0.3, -0.25) is 9.59 Å². The lowest BCUT2D eigenvalue weighted by Gasteiger charge is -2.30. The lowest BCUT2D eigenvalue weighted by atomic mass is 9.98. The highest BCUT2D eigenvalue weighted by Crippen LogP contribution is 2.18. The highest BCUT2D eigenvalue weighted by molar-refractivity contribution is 7.07. The van der Waals surface area contributed by atoms with E-state index in [0.717, 1.165) is 12.0 Å². The van der Waals surface area contributed by atoms with Crippen LogP contribution >= 0.6 is 11.3 Å². The molecular formula is C12H15NO3S. The molecule has 1 unspecified atom stereocenters. The minimum absolute atomic E-state index is 0.0364. The summed E-state index contributed by atoms with van der Waals surface area (Å²) < 4.78 is 0. The van der Waals surface area contributed by atoms with Crippen LogP contribution < -0.4 is 0 Å². The summed E-state index contributed by atoms with van der Waals surface area (Å²) in [4.78, 5) is 24.6. The monoisotopic (exact) mass is 253 g/mol. The van der Waals surface area contributed by atoms with E-state index in [4.69, 9.17) is 5.11 Å². The van der Waals surface area contributed by atoms with Crippen LogP contribution in [-0.4, -0.2) is 35.0 Å². The fourth-order valence-electron chi connectivity index (χ4n) is 2.08. The highest BCUT2D eigenvalue weighted by atomic mass is 32.1. The summed E-state index contributed by atoms with van der Waals surface area (Å²) in [6, 6.07) is 1.93. The molecule has 0 radical (unpaired) electrons. The van der Waals surface area contributed by atoms with Gasteiger partial charge >= 0.3 is 5.97 Å². The molecule has 0 aromatic carbocycles. The molecule has 1 aromatic heterocycles. The minimum Gasteiger partial charge on any atom is -0.481 e. The molecule has 1 N–H and O–H groups in total. The first-order chi connectivity index (χ1) is 8.16. The Balaban J connectivity index is 1.93. The van der Waals surface area contributed by atoms with Crippen molar-refractivity contribution in [1.29, 1.82) is 0 Å². The zero-order chi connectivity index (χ0) is 12.3. The fraction of sp³-hybridized carbons (Fsp3) is 0.500. The summed E-state index contributed by atoms with van der Waals surface area (Å²) in [5, 5.41) is 12.9. The van der Waals surface area contributed by atoms with Crippen molar-refractivity contribution in [2.24, 2.45) is 5.92 Å². The molecule has 0 saturated carbocycles. The number of piperidine rings is 1. The third kappa shape index (κ3) is 3.06. The van der Waals surface area contributed by atoms with Crippen LogP contribution in [0.1, 0.15) is 18.4 Å². The second-order valence-corrected chi connectivity index (χ2v) is 5.11. The highest BCUT2D eigenvalue weighted by Gasteiger charge is 2.27. The molecule has 1 aromatic rings. The first-order valence-electron chi connectivity index (χ1n) is 5.68. The van der Waals surface area contributed by atoms with Gasteiger partial charge in [0.15, 0.2) is 0 Å². The molecular weight excluding hydrogens is 238 g/mol. The number of hydrogen-bond donors (Lipinski definition) is 1. The maximum absolute atomic E-state index is 12.0. The number of rotatable bonds is 3. The SMILES string of the molecule is O=C(O)C1CCCN(C(=O)Cc2ccsc2)C1. The second-order valence-electron chi connectivity index (χ2n) is 4.33. The zero-order valence-electron chi connectivity index (χ0n) is 9.46. The van der Waals surface area contributed by atoms with Gasteiger partial charge in [0, 0.05) is 13.1 Å². The van der Waals surface area contributed by atoms with E-state index in [9.17, 15) is 9.59 Å². The molecule has 5 heteroatoms. The maximum Gasteiger partial charge on any atom is 0.308 e. The number of likely N-dealkylation sites (tertiary alicyclic amines) is 1. The third-order valence-electron chi connectivity index (χ3n) is 3.06. The number of aliphatic carboxylic acids is 1. The van der Waals surface area contributed by atoms with E-state index >= 15 is 0 Å². The van der Waals surface area contributed by atoms with Gasteiger partial charge in [-0.2, -0.15) is 11.3 Å². The van der Waals surface area contributed by atoms with Gasteiger partial charge in [0.05, 0.1) is 12.3 Å². The lowest BCUT2D eigenvalue weighted by molar-refractivity contribution is -0.145. The van der Waals surface area contributed by atoms with Crippen molar-refractivity contribution in [3.8, 4) is 0 Å². The van der Waals surface area contributed by atoms with E-state index in [1.807, 2.05) is 16.8 Å². The van der Waals surface area contributed by atoms with Gasteiger partial charge in [0.1, 0.15) is 0 Å². The van der Waals surface area contributed by atoms with Gasteiger partial charge in [0.25, 0.3) is 0 Å². The molecule has 0 spiro atoms. The summed E-state index contributed by atoms with van der Waals surface area (Å²) in [5.41, 5.74) is 1.01. The number of carbonyl (C=O) groups excluding carboxylic acids is 1. The molecule has 4 nitrogen and oxygen atoms in total. The largest absolute Gasteiger partial charge is 0.481 e. The first kappa shape index (κ1) is 12.1. The molecule has 1 amide bonds. The number of carboxylic acids is 1. The van der Waals surface area contributed by atoms with Gasteiger partial charge in [-0.05, 0) is 35.2 Å². The van der Waals surface area contributed by atoms with Crippen molar-refractivity contribution in [1.82, 2.24) is 4.90 Å². The Morgan fingerprint density at radius 3 is 3.00 bits per heavy atom. The summed E-state index contributed by atoms with van der Waals surface area (Å²) in [6.07, 6.45) is 1.85. The summed E-state index contributed by atoms with van der Waals surface area (Å²) in [6.45, 7) is 1.05. The topological polar surface area (TPSA) is 57.6 Å². The Kier molecular flexibility index (Phi) is 3.78. The average molecular weight is 253 g/mol. The van der Waals surface area contributed by atoms with Gasteiger partial charge < -0.3 is 10.0 Å². The van der Waals surface area contributed by atoms with Crippen LogP contribution in [0.25, 0.3) is 0 Å². The van der Waals surface area contributed by atoms with Gasteiger partial charge in [-0.1, -0.05) is 0 Å². The molecule has 1 atom stereocenters. The molecule has 2 rings (SSSR count). The van der Waals surface area contributed by atoms with E-state index in [1.165, 1.54) is 0 Å².